The van der Waals surface area contributed by atoms with E-state index in [2.05, 4.69) is 63.1 Å². The lowest BCUT2D eigenvalue weighted by atomic mass is 10.1. The molecule has 0 aromatic heterocycles. The van der Waals surface area contributed by atoms with Gasteiger partial charge in [0.15, 0.2) is 6.61 Å². The molecule has 2 aromatic carbocycles. The van der Waals surface area contributed by atoms with Crippen LogP contribution in [0.5, 0.6) is 5.75 Å². The van der Waals surface area contributed by atoms with Gasteiger partial charge in [0.05, 0.1) is 27.8 Å². The predicted molar refractivity (Wildman–Crippen MR) is 109 cm³/mol. The van der Waals surface area contributed by atoms with Crippen molar-refractivity contribution in [1.82, 2.24) is 5.43 Å². The van der Waals surface area contributed by atoms with Crippen LogP contribution in [0.2, 0.25) is 0 Å². The van der Waals surface area contributed by atoms with Crippen LogP contribution in [-0.2, 0) is 9.53 Å². The standard InChI is InChI=1S/C17H13Br3N2O4/c1-25-17(24)11-4-2-10(3-5-11)8-21-22-15(23)9-26-16-13(19)6-12(18)7-14(16)20/h2-8H,9H2,1H3,(H,22,23)/b21-8-. The van der Waals surface area contributed by atoms with E-state index in [-0.39, 0.29) is 6.61 Å². The number of nitrogens with zero attached hydrogens (tertiary/aromatic N) is 1. The van der Waals surface area contributed by atoms with E-state index < -0.39 is 11.9 Å². The summed E-state index contributed by atoms with van der Waals surface area (Å²) in [7, 11) is 1.32. The van der Waals surface area contributed by atoms with Gasteiger partial charge in [0.25, 0.3) is 5.91 Å². The van der Waals surface area contributed by atoms with E-state index in [1.54, 1.807) is 24.3 Å². The summed E-state index contributed by atoms with van der Waals surface area (Å²) in [5.74, 6) is -0.302. The Morgan fingerprint density at radius 3 is 2.31 bits per heavy atom. The molecule has 0 unspecified atom stereocenters. The van der Waals surface area contributed by atoms with Gasteiger partial charge in [-0.05, 0) is 61.7 Å². The Kier molecular flexibility index (Phi) is 7.80. The lowest BCUT2D eigenvalue weighted by molar-refractivity contribution is -0.123. The zero-order chi connectivity index (χ0) is 19.1. The van der Waals surface area contributed by atoms with Crippen molar-refractivity contribution in [2.75, 3.05) is 13.7 Å². The summed E-state index contributed by atoms with van der Waals surface area (Å²) in [5, 5.41) is 3.86. The van der Waals surface area contributed by atoms with Crippen LogP contribution in [0.25, 0.3) is 0 Å². The van der Waals surface area contributed by atoms with Crippen molar-refractivity contribution >= 4 is 65.9 Å². The molecule has 0 atom stereocenters. The molecule has 1 N–H and O–H groups in total. The van der Waals surface area contributed by atoms with E-state index in [1.807, 2.05) is 12.1 Å². The fraction of sp³-hybridized carbons (Fsp3) is 0.118. The summed E-state index contributed by atoms with van der Waals surface area (Å²) in [6, 6.07) is 10.2. The second-order valence-corrected chi connectivity index (χ2v) is 7.52. The molecule has 0 aliphatic rings. The summed E-state index contributed by atoms with van der Waals surface area (Å²) < 4.78 is 12.4. The zero-order valence-corrected chi connectivity index (χ0v) is 18.2. The van der Waals surface area contributed by atoms with Crippen molar-refractivity contribution in [3.05, 3.63) is 60.9 Å². The largest absolute Gasteiger partial charge is 0.481 e. The first kappa shape index (κ1) is 20.6. The maximum atomic E-state index is 11.8. The summed E-state index contributed by atoms with van der Waals surface area (Å²) in [5.41, 5.74) is 3.53. The van der Waals surface area contributed by atoms with Crippen molar-refractivity contribution in [3.63, 3.8) is 0 Å². The Morgan fingerprint density at radius 2 is 1.73 bits per heavy atom. The number of hydrogen-bond acceptors (Lipinski definition) is 5. The Bertz CT molecular complexity index is 815. The van der Waals surface area contributed by atoms with Crippen molar-refractivity contribution < 1.29 is 19.1 Å². The minimum atomic E-state index is -0.413. The molecule has 0 radical (unpaired) electrons. The zero-order valence-electron chi connectivity index (χ0n) is 13.5. The molecular weight excluding hydrogens is 536 g/mol. The summed E-state index contributed by atoms with van der Waals surface area (Å²) >= 11 is 10.1. The monoisotopic (exact) mass is 546 g/mol. The number of hydrazone groups is 1. The second kappa shape index (κ2) is 9.84. The maximum absolute atomic E-state index is 11.8. The van der Waals surface area contributed by atoms with Gasteiger partial charge in [-0.3, -0.25) is 4.79 Å². The molecule has 1 amide bonds. The number of benzene rings is 2. The van der Waals surface area contributed by atoms with Gasteiger partial charge in [0.1, 0.15) is 5.75 Å². The molecule has 0 bridgehead atoms. The first-order valence-electron chi connectivity index (χ1n) is 7.18. The molecule has 26 heavy (non-hydrogen) atoms. The third kappa shape index (κ3) is 5.93. The molecule has 6 nitrogen and oxygen atoms in total. The number of amides is 1. The van der Waals surface area contributed by atoms with Crippen molar-refractivity contribution in [1.29, 1.82) is 0 Å². The van der Waals surface area contributed by atoms with Gasteiger partial charge < -0.3 is 9.47 Å². The normalized spacial score (nSPS) is 10.6. The fourth-order valence-electron chi connectivity index (χ4n) is 1.84. The van der Waals surface area contributed by atoms with E-state index >= 15 is 0 Å². The van der Waals surface area contributed by atoms with Crippen molar-refractivity contribution in [3.8, 4) is 5.75 Å². The minimum absolute atomic E-state index is 0.197. The SMILES string of the molecule is COC(=O)c1ccc(/C=N\NC(=O)COc2c(Br)cc(Br)cc2Br)cc1. The lowest BCUT2D eigenvalue weighted by Gasteiger charge is -2.09. The molecule has 0 spiro atoms. The van der Waals surface area contributed by atoms with E-state index in [0.29, 0.717) is 20.3 Å². The van der Waals surface area contributed by atoms with Gasteiger partial charge in [-0.25, -0.2) is 10.2 Å². The van der Waals surface area contributed by atoms with Crippen LogP contribution in [0.4, 0.5) is 0 Å². The quantitative estimate of drug-likeness (QED) is 0.332. The summed E-state index contributed by atoms with van der Waals surface area (Å²) in [6.07, 6.45) is 1.46. The number of methoxy groups -OCH3 is 1. The second-order valence-electron chi connectivity index (χ2n) is 4.89. The highest BCUT2D eigenvalue weighted by Crippen LogP contribution is 2.36. The number of rotatable bonds is 6. The molecule has 0 aliphatic carbocycles. The molecule has 0 saturated carbocycles. The average Bonchev–Trinajstić information content (AvgIpc) is 2.60. The minimum Gasteiger partial charge on any atom is -0.481 e. The van der Waals surface area contributed by atoms with E-state index in [4.69, 9.17) is 4.74 Å². The van der Waals surface area contributed by atoms with Gasteiger partial charge >= 0.3 is 5.97 Å². The molecule has 0 heterocycles. The summed E-state index contributed by atoms with van der Waals surface area (Å²) in [4.78, 5) is 23.2. The van der Waals surface area contributed by atoms with Crippen LogP contribution < -0.4 is 10.2 Å². The van der Waals surface area contributed by atoms with Crippen LogP contribution in [0.15, 0.2) is 54.9 Å². The first-order chi connectivity index (χ1) is 12.4. The molecule has 0 aliphatic heterocycles. The van der Waals surface area contributed by atoms with Gasteiger partial charge in [-0.15, -0.1) is 0 Å². The van der Waals surface area contributed by atoms with Crippen LogP contribution in [0.3, 0.4) is 0 Å². The number of nitrogens with one attached hydrogen (secondary N) is 1. The number of carbonyl (C=O) groups is 2. The average molecular weight is 549 g/mol. The van der Waals surface area contributed by atoms with Gasteiger partial charge in [0, 0.05) is 4.47 Å². The lowest BCUT2D eigenvalue weighted by Crippen LogP contribution is -2.24. The molecule has 136 valence electrons. The highest BCUT2D eigenvalue weighted by molar-refractivity contribution is 9.11. The highest BCUT2D eigenvalue weighted by atomic mass is 79.9. The van der Waals surface area contributed by atoms with Crippen molar-refractivity contribution in [2.45, 2.75) is 0 Å². The van der Waals surface area contributed by atoms with E-state index in [1.165, 1.54) is 13.3 Å². The van der Waals surface area contributed by atoms with Crippen LogP contribution in [0.1, 0.15) is 15.9 Å². The van der Waals surface area contributed by atoms with Crippen molar-refractivity contribution in [2.24, 2.45) is 5.10 Å². The van der Waals surface area contributed by atoms with Gasteiger partial charge in [-0.2, -0.15) is 5.10 Å². The molecule has 9 heteroatoms. The number of halogens is 3. The topological polar surface area (TPSA) is 77.0 Å². The molecular formula is C17H13Br3N2O4. The summed E-state index contributed by atoms with van der Waals surface area (Å²) in [6.45, 7) is -0.197. The van der Waals surface area contributed by atoms with E-state index in [0.717, 1.165) is 10.0 Å². The molecule has 2 rings (SSSR count). The number of hydrogen-bond donors (Lipinski definition) is 1. The smallest absolute Gasteiger partial charge is 0.337 e. The Balaban J connectivity index is 1.87. The Hall–Kier alpha value is -1.71. The third-order valence-electron chi connectivity index (χ3n) is 3.05. The van der Waals surface area contributed by atoms with Gasteiger partial charge in [-0.1, -0.05) is 28.1 Å². The number of ether oxygens (including phenoxy) is 2. The molecule has 0 saturated heterocycles. The molecule has 0 fully saturated rings. The van der Waals surface area contributed by atoms with Gasteiger partial charge in [0.2, 0.25) is 0 Å². The van der Waals surface area contributed by atoms with E-state index in [9.17, 15) is 9.59 Å². The predicted octanol–water partition coefficient (Wildman–Crippen LogP) is 4.29. The third-order valence-corrected chi connectivity index (χ3v) is 4.68. The first-order valence-corrected chi connectivity index (χ1v) is 9.56. The number of esters is 1. The highest BCUT2D eigenvalue weighted by Gasteiger charge is 2.10. The van der Waals surface area contributed by atoms with Crippen LogP contribution in [-0.4, -0.2) is 31.8 Å². The maximum Gasteiger partial charge on any atom is 0.337 e. The van der Waals surface area contributed by atoms with Crippen LogP contribution >= 0.6 is 47.8 Å². The number of carbonyl (C=O) groups excluding carboxylic acids is 2. The Labute approximate surface area is 175 Å². The Morgan fingerprint density at radius 1 is 1.12 bits per heavy atom. The van der Waals surface area contributed by atoms with Crippen LogP contribution in [0, 0.1) is 0 Å². The fourth-order valence-corrected chi connectivity index (χ4v) is 4.33. The molecule has 2 aromatic rings.